The average molecular weight is 301 g/mol. The molecule has 0 radical (unpaired) electrons. The molecule has 1 heteroatoms. The van der Waals surface area contributed by atoms with E-state index >= 15 is 0 Å². The minimum absolute atomic E-state index is 0.138. The van der Waals surface area contributed by atoms with Gasteiger partial charge in [-0.05, 0) is 46.7 Å². The molecule has 0 N–H and O–H groups in total. The van der Waals surface area contributed by atoms with Crippen LogP contribution in [0.1, 0.15) is 37.5 Å². The van der Waals surface area contributed by atoms with E-state index in [1.807, 2.05) is 6.20 Å². The van der Waals surface area contributed by atoms with Crippen molar-refractivity contribution in [2.75, 3.05) is 0 Å². The van der Waals surface area contributed by atoms with E-state index < -0.39 is 0 Å². The molecule has 0 spiro atoms. The number of rotatable bonds is 3. The van der Waals surface area contributed by atoms with Crippen LogP contribution in [0.25, 0.3) is 11.3 Å². The van der Waals surface area contributed by atoms with Crippen molar-refractivity contribution in [3.8, 4) is 11.3 Å². The van der Waals surface area contributed by atoms with Crippen molar-refractivity contribution in [3.63, 3.8) is 0 Å². The quantitative estimate of drug-likeness (QED) is 0.610. The van der Waals surface area contributed by atoms with Crippen molar-refractivity contribution in [3.05, 3.63) is 89.6 Å². The van der Waals surface area contributed by atoms with Gasteiger partial charge in [-0.25, -0.2) is 0 Å². The standard InChI is InChI=1S/C22H23N/c1-22(2,3)20-12-13-23-21(16-20)19-11-7-10-18(15-19)14-17-8-5-4-6-9-17/h4-13,15-16H,14H2,1-3H3. The lowest BCUT2D eigenvalue weighted by atomic mass is 9.87. The van der Waals surface area contributed by atoms with E-state index in [9.17, 15) is 0 Å². The third-order valence-corrected chi connectivity index (χ3v) is 4.10. The van der Waals surface area contributed by atoms with E-state index in [0.717, 1.165) is 12.1 Å². The number of pyridine rings is 1. The summed E-state index contributed by atoms with van der Waals surface area (Å²) < 4.78 is 0. The second-order valence-corrected chi connectivity index (χ2v) is 7.04. The van der Waals surface area contributed by atoms with E-state index in [2.05, 4.69) is 92.5 Å². The lowest BCUT2D eigenvalue weighted by Crippen LogP contribution is -2.11. The lowest BCUT2D eigenvalue weighted by Gasteiger charge is -2.19. The van der Waals surface area contributed by atoms with Gasteiger partial charge in [-0.15, -0.1) is 0 Å². The summed E-state index contributed by atoms with van der Waals surface area (Å²) in [6, 6.07) is 23.6. The Bertz CT molecular complexity index is 782. The number of nitrogens with zero attached hydrogens (tertiary/aromatic N) is 1. The van der Waals surface area contributed by atoms with E-state index in [1.165, 1.54) is 22.3 Å². The molecule has 0 aliphatic heterocycles. The molecule has 3 aromatic rings. The molecule has 23 heavy (non-hydrogen) atoms. The summed E-state index contributed by atoms with van der Waals surface area (Å²) in [7, 11) is 0. The number of benzene rings is 2. The van der Waals surface area contributed by atoms with E-state index in [0.29, 0.717) is 0 Å². The molecule has 0 fully saturated rings. The van der Waals surface area contributed by atoms with Gasteiger partial charge < -0.3 is 0 Å². The molecule has 116 valence electrons. The largest absolute Gasteiger partial charge is 0.256 e. The maximum Gasteiger partial charge on any atom is 0.0704 e. The molecule has 0 amide bonds. The van der Waals surface area contributed by atoms with Gasteiger partial charge >= 0.3 is 0 Å². The Hall–Kier alpha value is -2.41. The maximum atomic E-state index is 4.57. The fourth-order valence-electron chi connectivity index (χ4n) is 2.73. The van der Waals surface area contributed by atoms with Crippen molar-refractivity contribution >= 4 is 0 Å². The molecule has 0 aliphatic rings. The van der Waals surface area contributed by atoms with Crippen LogP contribution in [-0.2, 0) is 11.8 Å². The second-order valence-electron chi connectivity index (χ2n) is 7.04. The van der Waals surface area contributed by atoms with Crippen molar-refractivity contribution < 1.29 is 0 Å². The summed E-state index contributed by atoms with van der Waals surface area (Å²) >= 11 is 0. The topological polar surface area (TPSA) is 12.9 Å². The van der Waals surface area contributed by atoms with Crippen LogP contribution < -0.4 is 0 Å². The van der Waals surface area contributed by atoms with Gasteiger partial charge in [0, 0.05) is 11.8 Å². The van der Waals surface area contributed by atoms with Crippen LogP contribution in [0.3, 0.4) is 0 Å². The van der Waals surface area contributed by atoms with E-state index in [4.69, 9.17) is 0 Å². The molecule has 3 rings (SSSR count). The predicted octanol–water partition coefficient (Wildman–Crippen LogP) is 5.64. The predicted molar refractivity (Wildman–Crippen MR) is 97.6 cm³/mol. The average Bonchev–Trinajstić information content (AvgIpc) is 2.55. The van der Waals surface area contributed by atoms with Gasteiger partial charge in [0.2, 0.25) is 0 Å². The maximum absolute atomic E-state index is 4.57. The summed E-state index contributed by atoms with van der Waals surface area (Å²) in [5.74, 6) is 0. The van der Waals surface area contributed by atoms with E-state index in [1.54, 1.807) is 0 Å². The summed E-state index contributed by atoms with van der Waals surface area (Å²) in [5.41, 5.74) is 6.34. The highest BCUT2D eigenvalue weighted by Gasteiger charge is 2.14. The molecule has 0 bridgehead atoms. The molecule has 0 saturated carbocycles. The Labute approximate surface area is 139 Å². The molecule has 0 atom stereocenters. The van der Waals surface area contributed by atoms with Crippen LogP contribution in [0.15, 0.2) is 72.9 Å². The SMILES string of the molecule is CC(C)(C)c1ccnc(-c2cccc(Cc3ccccc3)c2)c1. The molecule has 1 aromatic heterocycles. The third-order valence-electron chi connectivity index (χ3n) is 4.10. The first-order chi connectivity index (χ1) is 11.0. The van der Waals surface area contributed by atoms with Crippen molar-refractivity contribution in [2.24, 2.45) is 0 Å². The minimum Gasteiger partial charge on any atom is -0.256 e. The molecule has 1 heterocycles. The molecule has 2 aromatic carbocycles. The van der Waals surface area contributed by atoms with Crippen LogP contribution in [-0.4, -0.2) is 4.98 Å². The summed E-state index contributed by atoms with van der Waals surface area (Å²) in [6.07, 6.45) is 2.87. The molecular formula is C22H23N. The first-order valence-corrected chi connectivity index (χ1v) is 8.12. The highest BCUT2D eigenvalue weighted by atomic mass is 14.7. The Morgan fingerprint density at radius 1 is 0.783 bits per heavy atom. The molecule has 0 saturated heterocycles. The lowest BCUT2D eigenvalue weighted by molar-refractivity contribution is 0.589. The Balaban J connectivity index is 1.91. The summed E-state index contributed by atoms with van der Waals surface area (Å²) in [4.78, 5) is 4.57. The van der Waals surface area contributed by atoms with E-state index in [-0.39, 0.29) is 5.41 Å². The number of hydrogen-bond donors (Lipinski definition) is 0. The molecule has 0 unspecified atom stereocenters. The smallest absolute Gasteiger partial charge is 0.0704 e. The fraction of sp³-hybridized carbons (Fsp3) is 0.227. The van der Waals surface area contributed by atoms with Gasteiger partial charge in [-0.3, -0.25) is 4.98 Å². The van der Waals surface area contributed by atoms with Crippen LogP contribution >= 0.6 is 0 Å². The van der Waals surface area contributed by atoms with Crippen LogP contribution in [0.2, 0.25) is 0 Å². The first-order valence-electron chi connectivity index (χ1n) is 8.12. The Morgan fingerprint density at radius 2 is 1.52 bits per heavy atom. The summed E-state index contributed by atoms with van der Waals surface area (Å²) in [5, 5.41) is 0. The fourth-order valence-corrected chi connectivity index (χ4v) is 2.73. The minimum atomic E-state index is 0.138. The van der Waals surface area contributed by atoms with Crippen molar-refractivity contribution in [2.45, 2.75) is 32.6 Å². The zero-order chi connectivity index (χ0) is 16.3. The van der Waals surface area contributed by atoms with Crippen LogP contribution in [0, 0.1) is 0 Å². The molecule has 0 aliphatic carbocycles. The number of hydrogen-bond acceptors (Lipinski definition) is 1. The zero-order valence-electron chi connectivity index (χ0n) is 14.1. The van der Waals surface area contributed by atoms with Crippen molar-refractivity contribution in [1.82, 2.24) is 4.98 Å². The second kappa shape index (κ2) is 6.37. The highest BCUT2D eigenvalue weighted by molar-refractivity contribution is 5.61. The summed E-state index contributed by atoms with van der Waals surface area (Å²) in [6.45, 7) is 6.70. The van der Waals surface area contributed by atoms with Gasteiger partial charge in [0.15, 0.2) is 0 Å². The van der Waals surface area contributed by atoms with Crippen LogP contribution in [0.4, 0.5) is 0 Å². The normalized spacial score (nSPS) is 11.4. The monoisotopic (exact) mass is 301 g/mol. The third kappa shape index (κ3) is 3.87. The van der Waals surface area contributed by atoms with Gasteiger partial charge in [0.05, 0.1) is 5.69 Å². The highest BCUT2D eigenvalue weighted by Crippen LogP contribution is 2.26. The Kier molecular flexibility index (Phi) is 4.29. The van der Waals surface area contributed by atoms with Crippen LogP contribution in [0.5, 0.6) is 0 Å². The number of aromatic nitrogens is 1. The van der Waals surface area contributed by atoms with Gasteiger partial charge in [-0.2, -0.15) is 0 Å². The molecule has 1 nitrogen and oxygen atoms in total. The van der Waals surface area contributed by atoms with Gasteiger partial charge in [0.25, 0.3) is 0 Å². The Morgan fingerprint density at radius 3 is 2.26 bits per heavy atom. The molecular weight excluding hydrogens is 278 g/mol. The van der Waals surface area contributed by atoms with Gasteiger partial charge in [0.1, 0.15) is 0 Å². The first kappa shape index (κ1) is 15.5. The van der Waals surface area contributed by atoms with Crippen molar-refractivity contribution in [1.29, 1.82) is 0 Å². The zero-order valence-corrected chi connectivity index (χ0v) is 14.1. The van der Waals surface area contributed by atoms with Gasteiger partial charge in [-0.1, -0.05) is 69.3 Å².